The molecule has 0 saturated heterocycles. The Balaban J connectivity index is 2.38. The third kappa shape index (κ3) is 2.11. The number of hydrogen-bond acceptors (Lipinski definition) is 4. The van der Waals surface area contributed by atoms with Gasteiger partial charge in [0.1, 0.15) is 5.76 Å². The van der Waals surface area contributed by atoms with E-state index in [0.717, 1.165) is 16.7 Å². The van der Waals surface area contributed by atoms with Crippen molar-refractivity contribution in [2.24, 2.45) is 0 Å². The third-order valence-electron chi connectivity index (χ3n) is 3.27. The minimum atomic E-state index is -0.369. The second-order valence-electron chi connectivity index (χ2n) is 4.21. The van der Waals surface area contributed by atoms with Gasteiger partial charge in [-0.2, -0.15) is 0 Å². The molecule has 1 unspecified atom stereocenters. The second kappa shape index (κ2) is 5.23. The van der Waals surface area contributed by atoms with Gasteiger partial charge < -0.3 is 14.6 Å². The lowest BCUT2D eigenvalue weighted by atomic mass is 9.93. The predicted molar refractivity (Wildman–Crippen MR) is 66.6 cm³/mol. The molecule has 1 aliphatic rings. The van der Waals surface area contributed by atoms with Crippen molar-refractivity contribution in [2.75, 3.05) is 13.9 Å². The monoisotopic (exact) mass is 248 g/mol. The van der Waals surface area contributed by atoms with Gasteiger partial charge in [0.15, 0.2) is 6.79 Å². The summed E-state index contributed by atoms with van der Waals surface area (Å²) in [5.74, 6) is 0.386. The zero-order chi connectivity index (χ0) is 13.1. The largest absolute Gasteiger partial charge is 0.469 e. The van der Waals surface area contributed by atoms with Gasteiger partial charge in [-0.05, 0) is 18.1 Å². The molecule has 1 aromatic carbocycles. The summed E-state index contributed by atoms with van der Waals surface area (Å²) in [6.45, 7) is 1.55. The molecule has 4 nitrogen and oxygen atoms in total. The van der Waals surface area contributed by atoms with Crippen molar-refractivity contribution >= 4 is 11.7 Å². The highest BCUT2D eigenvalue weighted by Gasteiger charge is 2.31. The van der Waals surface area contributed by atoms with E-state index in [0.29, 0.717) is 5.76 Å². The highest BCUT2D eigenvalue weighted by atomic mass is 16.6. The van der Waals surface area contributed by atoms with Crippen LogP contribution >= 0.6 is 0 Å². The molecule has 0 saturated carbocycles. The van der Waals surface area contributed by atoms with E-state index in [4.69, 9.17) is 14.6 Å². The van der Waals surface area contributed by atoms with Crippen molar-refractivity contribution < 1.29 is 19.4 Å². The number of aliphatic hydroxyl groups is 1. The van der Waals surface area contributed by atoms with Gasteiger partial charge in [-0.25, -0.2) is 0 Å². The van der Waals surface area contributed by atoms with Crippen LogP contribution in [0.4, 0.5) is 0 Å². The first-order valence-electron chi connectivity index (χ1n) is 5.79. The number of hydrogen-bond donors (Lipinski definition) is 1. The molecule has 0 amide bonds. The summed E-state index contributed by atoms with van der Waals surface area (Å²) in [5, 5.41) is 8.94. The number of aliphatic hydroxyl groups excluding tert-OH is 1. The summed E-state index contributed by atoms with van der Waals surface area (Å²) in [5.41, 5.74) is 2.94. The summed E-state index contributed by atoms with van der Waals surface area (Å²) in [6, 6.07) is 7.74. The Kier molecular flexibility index (Phi) is 3.67. The molecule has 18 heavy (non-hydrogen) atoms. The van der Waals surface area contributed by atoms with Crippen molar-refractivity contribution in [3.8, 4) is 0 Å². The van der Waals surface area contributed by atoms with Crippen LogP contribution in [0.3, 0.4) is 0 Å². The van der Waals surface area contributed by atoms with Crippen LogP contribution in [-0.2, 0) is 14.3 Å². The molecule has 0 radical (unpaired) electrons. The van der Waals surface area contributed by atoms with Crippen LogP contribution in [0, 0.1) is 0 Å². The van der Waals surface area contributed by atoms with E-state index in [1.165, 1.54) is 7.11 Å². The number of esters is 1. The Morgan fingerprint density at radius 1 is 1.39 bits per heavy atom. The van der Waals surface area contributed by atoms with Gasteiger partial charge >= 0.3 is 5.97 Å². The molecule has 0 heterocycles. The standard InChI is InChI=1S/C14H16O4/c1-9-12(7-13(16)17-2)10-5-3-4-6-11(10)14(9)18-8-15/h3-6,12,15H,7-8H2,1-2H3. The maximum atomic E-state index is 11.5. The van der Waals surface area contributed by atoms with E-state index in [2.05, 4.69) is 0 Å². The SMILES string of the molecule is COC(=O)CC1C(C)=C(OCO)c2ccccc21. The first-order chi connectivity index (χ1) is 8.69. The zero-order valence-corrected chi connectivity index (χ0v) is 10.5. The quantitative estimate of drug-likeness (QED) is 0.654. The van der Waals surface area contributed by atoms with Gasteiger partial charge in [-0.1, -0.05) is 24.3 Å². The Labute approximate surface area is 106 Å². The lowest BCUT2D eigenvalue weighted by Gasteiger charge is -2.11. The molecule has 1 aromatic rings. The van der Waals surface area contributed by atoms with Gasteiger partial charge in [0, 0.05) is 11.5 Å². The third-order valence-corrected chi connectivity index (χ3v) is 3.27. The van der Waals surface area contributed by atoms with Crippen molar-refractivity contribution in [2.45, 2.75) is 19.3 Å². The number of rotatable bonds is 4. The van der Waals surface area contributed by atoms with Crippen LogP contribution in [0.1, 0.15) is 30.4 Å². The maximum Gasteiger partial charge on any atom is 0.306 e. The molecule has 0 spiro atoms. The van der Waals surface area contributed by atoms with E-state index >= 15 is 0 Å². The number of methoxy groups -OCH3 is 1. The van der Waals surface area contributed by atoms with Crippen LogP contribution < -0.4 is 0 Å². The van der Waals surface area contributed by atoms with Gasteiger partial charge in [0.25, 0.3) is 0 Å². The van der Waals surface area contributed by atoms with Gasteiger partial charge in [0.2, 0.25) is 0 Å². The van der Waals surface area contributed by atoms with Crippen molar-refractivity contribution in [3.63, 3.8) is 0 Å². The molecule has 1 atom stereocenters. The number of fused-ring (bicyclic) bond motifs is 1. The second-order valence-corrected chi connectivity index (χ2v) is 4.21. The van der Waals surface area contributed by atoms with Gasteiger partial charge in [-0.15, -0.1) is 0 Å². The van der Waals surface area contributed by atoms with Gasteiger partial charge in [-0.3, -0.25) is 4.79 Å². The van der Waals surface area contributed by atoms with Crippen LogP contribution in [-0.4, -0.2) is 25.0 Å². The fraction of sp³-hybridized carbons (Fsp3) is 0.357. The van der Waals surface area contributed by atoms with Crippen LogP contribution in [0.2, 0.25) is 0 Å². The summed E-state index contributed by atoms with van der Waals surface area (Å²) in [4.78, 5) is 11.5. The lowest BCUT2D eigenvalue weighted by molar-refractivity contribution is -0.140. The normalized spacial score (nSPS) is 17.6. The molecule has 0 aromatic heterocycles. The summed E-state index contributed by atoms with van der Waals surface area (Å²) < 4.78 is 9.99. The average Bonchev–Trinajstić information content (AvgIpc) is 2.65. The van der Waals surface area contributed by atoms with Crippen LogP contribution in [0.15, 0.2) is 29.8 Å². The molecular formula is C14H16O4. The highest BCUT2D eigenvalue weighted by molar-refractivity contribution is 5.78. The molecule has 96 valence electrons. The van der Waals surface area contributed by atoms with E-state index in [-0.39, 0.29) is 25.1 Å². The van der Waals surface area contributed by atoms with Crippen LogP contribution in [0.25, 0.3) is 5.76 Å². The topological polar surface area (TPSA) is 55.8 Å². The lowest BCUT2D eigenvalue weighted by Crippen LogP contribution is -2.08. The minimum absolute atomic E-state index is 0.0322. The van der Waals surface area contributed by atoms with E-state index in [9.17, 15) is 4.79 Å². The summed E-state index contributed by atoms with van der Waals surface area (Å²) in [7, 11) is 1.38. The molecule has 0 aliphatic heterocycles. The molecule has 1 N–H and O–H groups in total. The molecule has 0 fully saturated rings. The molecule has 1 aliphatic carbocycles. The fourth-order valence-electron chi connectivity index (χ4n) is 2.38. The van der Waals surface area contributed by atoms with E-state index < -0.39 is 0 Å². The average molecular weight is 248 g/mol. The Bertz CT molecular complexity index is 490. The number of benzene rings is 1. The highest BCUT2D eigenvalue weighted by Crippen LogP contribution is 2.43. The fourth-order valence-corrected chi connectivity index (χ4v) is 2.38. The Morgan fingerprint density at radius 3 is 2.78 bits per heavy atom. The first-order valence-corrected chi connectivity index (χ1v) is 5.79. The zero-order valence-electron chi connectivity index (χ0n) is 10.5. The number of ether oxygens (including phenoxy) is 2. The van der Waals surface area contributed by atoms with Gasteiger partial charge in [0.05, 0.1) is 13.5 Å². The summed E-state index contributed by atoms with van der Waals surface area (Å²) in [6.07, 6.45) is 0.289. The molecular weight excluding hydrogens is 232 g/mol. The van der Waals surface area contributed by atoms with E-state index in [1.54, 1.807) is 0 Å². The number of carbonyl (C=O) groups is 1. The predicted octanol–water partition coefficient (Wildman–Crippen LogP) is 2.04. The van der Waals surface area contributed by atoms with Crippen molar-refractivity contribution in [3.05, 3.63) is 41.0 Å². The first kappa shape index (κ1) is 12.6. The minimum Gasteiger partial charge on any atom is -0.469 e. The molecule has 0 bridgehead atoms. The van der Waals surface area contributed by atoms with Crippen molar-refractivity contribution in [1.29, 1.82) is 0 Å². The summed E-state index contributed by atoms with van der Waals surface area (Å²) >= 11 is 0. The smallest absolute Gasteiger partial charge is 0.306 e. The molecule has 2 rings (SSSR count). The Morgan fingerprint density at radius 2 is 2.11 bits per heavy atom. The number of allylic oxidation sites excluding steroid dienone is 1. The number of carbonyl (C=O) groups excluding carboxylic acids is 1. The Hall–Kier alpha value is -1.81. The van der Waals surface area contributed by atoms with Crippen molar-refractivity contribution in [1.82, 2.24) is 0 Å². The molecule has 4 heteroatoms. The van der Waals surface area contributed by atoms with Crippen LogP contribution in [0.5, 0.6) is 0 Å². The van der Waals surface area contributed by atoms with E-state index in [1.807, 2.05) is 31.2 Å². The maximum absolute atomic E-state index is 11.5.